The van der Waals surface area contributed by atoms with Crippen molar-refractivity contribution in [3.05, 3.63) is 17.8 Å². The van der Waals surface area contributed by atoms with Gasteiger partial charge in [-0.1, -0.05) is 13.8 Å². The van der Waals surface area contributed by atoms with Crippen LogP contribution in [0.1, 0.15) is 53.0 Å². The highest BCUT2D eigenvalue weighted by atomic mass is 16.6. The maximum absolute atomic E-state index is 12.3. The second-order valence-electron chi connectivity index (χ2n) is 10.5. The molecule has 1 aromatic heterocycles. The van der Waals surface area contributed by atoms with Gasteiger partial charge in [0.1, 0.15) is 23.8 Å². The van der Waals surface area contributed by atoms with Crippen LogP contribution in [0.25, 0.3) is 0 Å². The van der Waals surface area contributed by atoms with Crippen molar-refractivity contribution in [3.63, 3.8) is 0 Å². The quantitative estimate of drug-likeness (QED) is 0.423. The van der Waals surface area contributed by atoms with Crippen LogP contribution in [0.2, 0.25) is 0 Å². The highest BCUT2D eigenvalue weighted by molar-refractivity contribution is 5.68. The van der Waals surface area contributed by atoms with Gasteiger partial charge in [0.15, 0.2) is 0 Å². The van der Waals surface area contributed by atoms with Crippen LogP contribution in [0, 0.1) is 12.8 Å². The molecule has 9 nitrogen and oxygen atoms in total. The van der Waals surface area contributed by atoms with Gasteiger partial charge in [-0.2, -0.15) is 0 Å². The third kappa shape index (κ3) is 11.0. The van der Waals surface area contributed by atoms with Crippen molar-refractivity contribution in [1.82, 2.24) is 14.8 Å². The molecular formula is C28H50N4O5. The van der Waals surface area contributed by atoms with Crippen molar-refractivity contribution in [2.75, 3.05) is 84.3 Å². The van der Waals surface area contributed by atoms with Crippen LogP contribution in [-0.4, -0.2) is 106 Å². The number of rotatable bonds is 10. The molecule has 0 radical (unpaired) electrons. The lowest BCUT2D eigenvalue weighted by Crippen LogP contribution is -2.51. The van der Waals surface area contributed by atoms with Gasteiger partial charge >= 0.3 is 6.09 Å². The molecule has 2 aliphatic rings. The van der Waals surface area contributed by atoms with Crippen molar-refractivity contribution in [3.8, 4) is 5.75 Å². The smallest absolute Gasteiger partial charge is 0.410 e. The zero-order chi connectivity index (χ0) is 27.3. The molecule has 9 heteroatoms. The summed E-state index contributed by atoms with van der Waals surface area (Å²) in [5, 5.41) is 0. The second-order valence-corrected chi connectivity index (χ2v) is 10.5. The monoisotopic (exact) mass is 522 g/mol. The van der Waals surface area contributed by atoms with Gasteiger partial charge in [0.2, 0.25) is 0 Å². The van der Waals surface area contributed by atoms with E-state index in [1.807, 2.05) is 52.6 Å². The molecule has 0 saturated carbocycles. The number of methoxy groups -OCH3 is 1. The number of aromatic nitrogens is 1. The van der Waals surface area contributed by atoms with Crippen LogP contribution in [0.5, 0.6) is 5.75 Å². The number of ether oxygens (including phenoxy) is 4. The molecule has 0 unspecified atom stereocenters. The highest BCUT2D eigenvalue weighted by Crippen LogP contribution is 2.27. The molecule has 212 valence electrons. The number of hydrogen-bond acceptors (Lipinski definition) is 8. The van der Waals surface area contributed by atoms with Gasteiger partial charge in [0, 0.05) is 70.7 Å². The van der Waals surface area contributed by atoms with E-state index in [1.54, 1.807) is 7.11 Å². The van der Waals surface area contributed by atoms with E-state index >= 15 is 0 Å². The molecule has 1 amide bonds. The molecule has 0 bridgehead atoms. The Morgan fingerprint density at radius 3 is 2.27 bits per heavy atom. The molecule has 3 rings (SSSR count). The molecule has 3 heterocycles. The minimum Gasteiger partial charge on any atom is -0.491 e. The molecular weight excluding hydrogens is 472 g/mol. The minimum atomic E-state index is -0.445. The van der Waals surface area contributed by atoms with Gasteiger partial charge in [0.25, 0.3) is 0 Å². The molecule has 0 N–H and O–H groups in total. The third-order valence-corrected chi connectivity index (χ3v) is 6.44. The first-order chi connectivity index (χ1) is 17.7. The number of piperazine rings is 1. The normalized spacial score (nSPS) is 17.3. The SMILES string of the molecule is CC.COCCOCCOc1cc(N2CCC(CN3CCN(C(=O)OC(C)(C)C)CC3)CC2)ncc1C. The van der Waals surface area contributed by atoms with Crippen LogP contribution in [-0.2, 0) is 14.2 Å². The maximum atomic E-state index is 12.3. The number of pyridine rings is 1. The Morgan fingerprint density at radius 2 is 1.65 bits per heavy atom. The topological polar surface area (TPSA) is 76.6 Å². The lowest BCUT2D eigenvalue weighted by Gasteiger charge is -2.39. The van der Waals surface area contributed by atoms with Crippen LogP contribution in [0.4, 0.5) is 10.6 Å². The summed E-state index contributed by atoms with van der Waals surface area (Å²) in [6.45, 7) is 20.4. The zero-order valence-electron chi connectivity index (χ0n) is 24.3. The van der Waals surface area contributed by atoms with Crippen LogP contribution in [0.15, 0.2) is 12.3 Å². The number of aryl methyl sites for hydroxylation is 1. The fourth-order valence-corrected chi connectivity index (χ4v) is 4.43. The van der Waals surface area contributed by atoms with E-state index in [9.17, 15) is 4.79 Å². The van der Waals surface area contributed by atoms with E-state index in [4.69, 9.17) is 18.9 Å². The van der Waals surface area contributed by atoms with E-state index in [0.717, 1.165) is 75.8 Å². The van der Waals surface area contributed by atoms with Gasteiger partial charge in [-0.05, 0) is 46.5 Å². The first-order valence-electron chi connectivity index (χ1n) is 13.9. The van der Waals surface area contributed by atoms with Crippen LogP contribution < -0.4 is 9.64 Å². The standard InChI is InChI=1S/C26H44N4O5.C2H6/c1-21-19-27-24(18-23(21)34-17-16-33-15-14-32-5)29-8-6-22(7-9-29)20-28-10-12-30(13-11-28)25(31)35-26(2,3)4;1-2/h18-19,22H,6-17,20H2,1-5H3;1-2H3. The van der Waals surface area contributed by atoms with E-state index < -0.39 is 5.60 Å². The number of amides is 1. The van der Waals surface area contributed by atoms with E-state index in [1.165, 1.54) is 0 Å². The Kier molecular flexibility index (Phi) is 13.5. The van der Waals surface area contributed by atoms with E-state index in [0.29, 0.717) is 32.3 Å². The van der Waals surface area contributed by atoms with Crippen molar-refractivity contribution in [1.29, 1.82) is 0 Å². The fraction of sp³-hybridized carbons (Fsp3) is 0.786. The van der Waals surface area contributed by atoms with Crippen molar-refractivity contribution in [2.24, 2.45) is 5.92 Å². The third-order valence-electron chi connectivity index (χ3n) is 6.44. The summed E-state index contributed by atoms with van der Waals surface area (Å²) < 4.78 is 21.9. The molecule has 2 saturated heterocycles. The van der Waals surface area contributed by atoms with Gasteiger partial charge in [0.05, 0.1) is 19.8 Å². The summed E-state index contributed by atoms with van der Waals surface area (Å²) in [5.41, 5.74) is 0.589. The summed E-state index contributed by atoms with van der Waals surface area (Å²) in [6, 6.07) is 2.06. The summed E-state index contributed by atoms with van der Waals surface area (Å²) >= 11 is 0. The average molecular weight is 523 g/mol. The molecule has 2 fully saturated rings. The highest BCUT2D eigenvalue weighted by Gasteiger charge is 2.28. The predicted octanol–water partition coefficient (Wildman–Crippen LogP) is 4.23. The maximum Gasteiger partial charge on any atom is 0.410 e. The number of carbonyl (C=O) groups excluding carboxylic acids is 1. The summed E-state index contributed by atoms with van der Waals surface area (Å²) in [4.78, 5) is 23.6. The molecule has 0 aliphatic carbocycles. The lowest BCUT2D eigenvalue weighted by atomic mass is 9.96. The molecule has 37 heavy (non-hydrogen) atoms. The van der Waals surface area contributed by atoms with Crippen molar-refractivity contribution >= 4 is 11.9 Å². The summed E-state index contributed by atoms with van der Waals surface area (Å²) in [7, 11) is 1.67. The Hall–Kier alpha value is -2.10. The lowest BCUT2D eigenvalue weighted by molar-refractivity contribution is 0.0130. The largest absolute Gasteiger partial charge is 0.491 e. The molecule has 2 aliphatic heterocycles. The Balaban J connectivity index is 0.00000235. The number of piperidine rings is 1. The van der Waals surface area contributed by atoms with Gasteiger partial charge in [-0.15, -0.1) is 0 Å². The number of carbonyl (C=O) groups is 1. The number of nitrogens with zero attached hydrogens (tertiary/aromatic N) is 4. The fourth-order valence-electron chi connectivity index (χ4n) is 4.43. The zero-order valence-corrected chi connectivity index (χ0v) is 24.3. The molecule has 1 aromatic rings. The number of hydrogen-bond donors (Lipinski definition) is 0. The van der Waals surface area contributed by atoms with Crippen molar-refractivity contribution in [2.45, 2.75) is 60.0 Å². The molecule has 0 atom stereocenters. The predicted molar refractivity (Wildman–Crippen MR) is 148 cm³/mol. The van der Waals surface area contributed by atoms with Gasteiger partial charge < -0.3 is 28.7 Å². The molecule has 0 spiro atoms. The summed E-state index contributed by atoms with van der Waals surface area (Å²) in [5.74, 6) is 2.52. The average Bonchev–Trinajstić information content (AvgIpc) is 2.88. The van der Waals surface area contributed by atoms with Gasteiger partial charge in [-0.3, -0.25) is 4.90 Å². The Bertz CT molecular complexity index is 785. The molecule has 0 aromatic carbocycles. The first kappa shape index (κ1) is 31.1. The number of anilines is 1. The van der Waals surface area contributed by atoms with Crippen LogP contribution >= 0.6 is 0 Å². The van der Waals surface area contributed by atoms with Crippen LogP contribution in [0.3, 0.4) is 0 Å². The Morgan fingerprint density at radius 1 is 1.00 bits per heavy atom. The summed E-state index contributed by atoms with van der Waals surface area (Å²) in [6.07, 6.45) is 3.99. The van der Waals surface area contributed by atoms with Gasteiger partial charge in [-0.25, -0.2) is 9.78 Å². The second kappa shape index (κ2) is 16.0. The first-order valence-corrected chi connectivity index (χ1v) is 13.9. The van der Waals surface area contributed by atoms with Crippen molar-refractivity contribution < 1.29 is 23.7 Å². The van der Waals surface area contributed by atoms with E-state index in [-0.39, 0.29) is 6.09 Å². The van der Waals surface area contributed by atoms with E-state index in [2.05, 4.69) is 20.9 Å². The Labute approximate surface area is 224 Å². The minimum absolute atomic E-state index is 0.196.